The molecule has 6 heteroatoms. The number of carboxylic acids is 1. The number of nitrogens with zero attached hydrogens (tertiary/aromatic N) is 1. The Morgan fingerprint density at radius 2 is 1.81 bits per heavy atom. The summed E-state index contributed by atoms with van der Waals surface area (Å²) in [5.74, 6) is -0.930. The molecule has 0 unspecified atom stereocenters. The second-order valence-electron chi connectivity index (χ2n) is 5.20. The fourth-order valence-corrected chi connectivity index (χ4v) is 1.88. The van der Waals surface area contributed by atoms with Gasteiger partial charge in [-0.1, -0.05) is 19.1 Å². The molecule has 0 amide bonds. The van der Waals surface area contributed by atoms with Crippen LogP contribution in [-0.2, 0) is 9.53 Å². The van der Waals surface area contributed by atoms with Gasteiger partial charge < -0.3 is 20.1 Å². The summed E-state index contributed by atoms with van der Waals surface area (Å²) in [6.07, 6.45) is 8.42. The number of hydrogen-bond acceptors (Lipinski definition) is 4. The Kier molecular flexibility index (Phi) is 12.2. The zero-order chi connectivity index (χ0) is 16.0. The van der Waals surface area contributed by atoms with Crippen molar-refractivity contribution in [2.24, 2.45) is 0 Å². The van der Waals surface area contributed by atoms with Crippen molar-refractivity contribution in [3.63, 3.8) is 0 Å². The zero-order valence-electron chi connectivity index (χ0n) is 13.0. The Balaban J connectivity index is 3.78. The van der Waals surface area contributed by atoms with Gasteiger partial charge in [-0.15, -0.1) is 0 Å². The van der Waals surface area contributed by atoms with E-state index in [0.29, 0.717) is 19.8 Å². The second kappa shape index (κ2) is 12.8. The normalized spacial score (nSPS) is 12.1. The Bertz CT molecular complexity index is 290. The summed E-state index contributed by atoms with van der Waals surface area (Å²) in [5, 5.41) is 27.4. The van der Waals surface area contributed by atoms with Crippen LogP contribution in [0.15, 0.2) is 12.2 Å². The molecule has 0 heterocycles. The number of aliphatic hydroxyl groups is 2. The highest BCUT2D eigenvalue weighted by Gasteiger charge is 2.26. The van der Waals surface area contributed by atoms with E-state index >= 15 is 0 Å². The summed E-state index contributed by atoms with van der Waals surface area (Å²) in [6.45, 7) is 3.21. The maximum atomic E-state index is 10.6. The first kappa shape index (κ1) is 20.1. The van der Waals surface area contributed by atoms with E-state index in [4.69, 9.17) is 9.84 Å². The van der Waals surface area contributed by atoms with Crippen LogP contribution in [0, 0.1) is 0 Å². The van der Waals surface area contributed by atoms with E-state index in [1.54, 1.807) is 0 Å². The van der Waals surface area contributed by atoms with Crippen molar-refractivity contribution in [1.29, 1.82) is 0 Å². The number of aliphatic hydroxyl groups excluding tert-OH is 2. The van der Waals surface area contributed by atoms with E-state index in [0.717, 1.165) is 25.7 Å². The molecular formula is C15H30NO5+. The summed E-state index contributed by atoms with van der Waals surface area (Å²) in [7, 11) is 0. The van der Waals surface area contributed by atoms with E-state index in [2.05, 4.69) is 19.1 Å². The van der Waals surface area contributed by atoms with Crippen molar-refractivity contribution >= 4 is 5.97 Å². The second-order valence-corrected chi connectivity index (χ2v) is 5.20. The molecule has 0 aliphatic heterocycles. The summed E-state index contributed by atoms with van der Waals surface area (Å²) in [5.41, 5.74) is 0. The molecule has 0 aromatic heterocycles. The summed E-state index contributed by atoms with van der Waals surface area (Å²) in [6, 6.07) is 0. The largest absolute Gasteiger partial charge is 0.481 e. The molecule has 0 fully saturated rings. The van der Waals surface area contributed by atoms with Crippen molar-refractivity contribution in [2.75, 3.05) is 39.8 Å². The first-order chi connectivity index (χ1) is 10.1. The van der Waals surface area contributed by atoms with Crippen LogP contribution in [-0.4, -0.2) is 65.5 Å². The van der Waals surface area contributed by atoms with Crippen LogP contribution in [0.3, 0.4) is 0 Å². The summed E-state index contributed by atoms with van der Waals surface area (Å²) in [4.78, 5) is 10.6. The molecule has 0 rings (SSSR count). The van der Waals surface area contributed by atoms with E-state index in [1.165, 1.54) is 0 Å². The number of aliphatic carboxylic acids is 1. The number of hydrogen-bond donors (Lipinski definition) is 3. The quantitative estimate of drug-likeness (QED) is 0.195. The third kappa shape index (κ3) is 10.4. The molecule has 0 aromatic rings. The fraction of sp³-hybridized carbons (Fsp3) is 0.800. The average Bonchev–Trinajstić information content (AvgIpc) is 2.49. The molecule has 21 heavy (non-hydrogen) atoms. The highest BCUT2D eigenvalue weighted by atomic mass is 16.5. The van der Waals surface area contributed by atoms with Crippen LogP contribution in [0.25, 0.3) is 0 Å². The molecule has 0 radical (unpaired) electrons. The Hall–Kier alpha value is -0.950. The van der Waals surface area contributed by atoms with Gasteiger partial charge in [0.25, 0.3) is 0 Å². The van der Waals surface area contributed by atoms with Gasteiger partial charge in [0.05, 0.1) is 19.6 Å². The summed E-state index contributed by atoms with van der Waals surface area (Å²) >= 11 is 0. The van der Waals surface area contributed by atoms with Gasteiger partial charge in [-0.2, -0.15) is 0 Å². The lowest BCUT2D eigenvalue weighted by molar-refractivity contribution is -0.961. The number of unbranched alkanes of at least 4 members (excludes halogenated alkanes) is 2. The molecule has 0 aromatic carbocycles. The summed E-state index contributed by atoms with van der Waals surface area (Å²) < 4.78 is 5.45. The first-order valence-electron chi connectivity index (χ1n) is 7.61. The number of quaternary nitrogens is 1. The third-order valence-corrected chi connectivity index (χ3v) is 3.42. The van der Waals surface area contributed by atoms with Crippen LogP contribution in [0.5, 0.6) is 0 Å². The Morgan fingerprint density at radius 1 is 1.10 bits per heavy atom. The van der Waals surface area contributed by atoms with Crippen molar-refractivity contribution in [1.82, 2.24) is 0 Å². The molecule has 6 nitrogen and oxygen atoms in total. The smallest absolute Gasteiger partial charge is 0.309 e. The Morgan fingerprint density at radius 3 is 2.38 bits per heavy atom. The average molecular weight is 304 g/mol. The van der Waals surface area contributed by atoms with Crippen molar-refractivity contribution in [3.8, 4) is 0 Å². The van der Waals surface area contributed by atoms with Gasteiger partial charge in [0, 0.05) is 6.61 Å². The van der Waals surface area contributed by atoms with Gasteiger partial charge in [0.15, 0.2) is 13.5 Å². The van der Waals surface area contributed by atoms with E-state index in [9.17, 15) is 15.0 Å². The molecule has 3 N–H and O–H groups in total. The minimum Gasteiger partial charge on any atom is -0.481 e. The molecule has 0 saturated carbocycles. The zero-order valence-corrected chi connectivity index (χ0v) is 13.0. The third-order valence-electron chi connectivity index (χ3n) is 3.42. The molecule has 0 saturated heterocycles. The van der Waals surface area contributed by atoms with Crippen LogP contribution in [0.2, 0.25) is 0 Å². The lowest BCUT2D eigenvalue weighted by Gasteiger charge is -2.33. The lowest BCUT2D eigenvalue weighted by atomic mass is 10.2. The van der Waals surface area contributed by atoms with E-state index in [-0.39, 0.29) is 30.9 Å². The number of carboxylic acid groups (broad SMARTS) is 1. The molecule has 0 aliphatic rings. The van der Waals surface area contributed by atoms with Crippen LogP contribution < -0.4 is 0 Å². The molecule has 0 bridgehead atoms. The highest BCUT2D eigenvalue weighted by Crippen LogP contribution is 2.06. The molecule has 0 atom stereocenters. The van der Waals surface area contributed by atoms with Crippen LogP contribution in [0.4, 0.5) is 0 Å². The minimum atomic E-state index is -0.930. The maximum Gasteiger partial charge on any atom is 0.309 e. The van der Waals surface area contributed by atoms with Gasteiger partial charge >= 0.3 is 5.97 Å². The SMILES string of the molecule is CC/C=C/CCCCOCC[N+](CO)(CO)CCC(=O)O. The molecular weight excluding hydrogens is 274 g/mol. The van der Waals surface area contributed by atoms with Crippen LogP contribution in [0.1, 0.15) is 39.0 Å². The lowest BCUT2D eigenvalue weighted by Crippen LogP contribution is -2.52. The van der Waals surface area contributed by atoms with Crippen molar-refractivity contribution < 1.29 is 29.3 Å². The van der Waals surface area contributed by atoms with Crippen molar-refractivity contribution in [3.05, 3.63) is 12.2 Å². The highest BCUT2D eigenvalue weighted by molar-refractivity contribution is 5.66. The minimum absolute atomic E-state index is 0.0501. The van der Waals surface area contributed by atoms with Crippen LogP contribution >= 0.6 is 0 Å². The number of allylic oxidation sites excluding steroid dienone is 2. The molecule has 0 aliphatic carbocycles. The number of carbonyl (C=O) groups is 1. The van der Waals surface area contributed by atoms with E-state index in [1.807, 2.05) is 0 Å². The van der Waals surface area contributed by atoms with Gasteiger partial charge in [-0.05, 0) is 25.7 Å². The first-order valence-corrected chi connectivity index (χ1v) is 7.61. The number of ether oxygens (including phenoxy) is 1. The van der Waals surface area contributed by atoms with Gasteiger partial charge in [0.2, 0.25) is 0 Å². The monoisotopic (exact) mass is 304 g/mol. The van der Waals surface area contributed by atoms with Gasteiger partial charge in [-0.3, -0.25) is 9.28 Å². The fourth-order valence-electron chi connectivity index (χ4n) is 1.88. The molecule has 0 spiro atoms. The topological polar surface area (TPSA) is 87.0 Å². The molecule has 124 valence electrons. The standard InChI is InChI=1S/C15H29NO5/c1-2-3-4-5-6-7-11-21-12-10-16(13-17,14-18)9-8-15(19)20/h3-4,17-18H,2,5-14H2,1H3/p+1/b4-3+. The van der Waals surface area contributed by atoms with Crippen molar-refractivity contribution in [2.45, 2.75) is 39.0 Å². The van der Waals surface area contributed by atoms with E-state index < -0.39 is 5.97 Å². The van der Waals surface area contributed by atoms with Gasteiger partial charge in [-0.25, -0.2) is 0 Å². The predicted octanol–water partition coefficient (Wildman–Crippen LogP) is 1.33. The Labute approximate surface area is 127 Å². The maximum absolute atomic E-state index is 10.6. The number of rotatable bonds is 14. The van der Waals surface area contributed by atoms with Gasteiger partial charge in [0.1, 0.15) is 6.54 Å². The predicted molar refractivity (Wildman–Crippen MR) is 80.5 cm³/mol.